The van der Waals surface area contributed by atoms with Crippen molar-refractivity contribution in [3.05, 3.63) is 11.7 Å². The lowest BCUT2D eigenvalue weighted by molar-refractivity contribution is -0.144. The van der Waals surface area contributed by atoms with Crippen LogP contribution in [0.1, 0.15) is 51.2 Å². The lowest BCUT2D eigenvalue weighted by Crippen LogP contribution is -2.42. The number of carbonyl (C=O) groups is 1. The highest BCUT2D eigenvalue weighted by atomic mass is 16.5. The number of carboxylic acid groups (broad SMARTS) is 1. The summed E-state index contributed by atoms with van der Waals surface area (Å²) in [6.45, 7) is 5.58. The molecule has 0 radical (unpaired) electrons. The lowest BCUT2D eigenvalue weighted by atomic mass is 9.92. The fraction of sp³-hybridized carbons (Fsp3) is 0.786. The third-order valence-corrected chi connectivity index (χ3v) is 3.97. The zero-order valence-electron chi connectivity index (χ0n) is 12.2. The van der Waals surface area contributed by atoms with Crippen molar-refractivity contribution < 1.29 is 14.4 Å². The van der Waals surface area contributed by atoms with Crippen LogP contribution in [-0.4, -0.2) is 38.7 Å². The number of rotatable bonds is 6. The van der Waals surface area contributed by atoms with Crippen LogP contribution >= 0.6 is 0 Å². The molecule has 2 heterocycles. The Hall–Kier alpha value is -1.43. The Morgan fingerprint density at radius 3 is 3.00 bits per heavy atom. The van der Waals surface area contributed by atoms with Crippen LogP contribution in [0.2, 0.25) is 0 Å². The molecule has 0 saturated carbocycles. The number of likely N-dealkylation sites (tertiary alicyclic amines) is 1. The van der Waals surface area contributed by atoms with Crippen LogP contribution in [0, 0.1) is 5.92 Å². The van der Waals surface area contributed by atoms with E-state index in [1.807, 2.05) is 0 Å². The molecule has 20 heavy (non-hydrogen) atoms. The van der Waals surface area contributed by atoms with Crippen LogP contribution in [0.25, 0.3) is 0 Å². The summed E-state index contributed by atoms with van der Waals surface area (Å²) >= 11 is 0. The average molecular weight is 281 g/mol. The van der Waals surface area contributed by atoms with E-state index in [9.17, 15) is 4.79 Å². The van der Waals surface area contributed by atoms with Crippen LogP contribution in [0.4, 0.5) is 0 Å². The maximum absolute atomic E-state index is 11.0. The molecule has 2 unspecified atom stereocenters. The highest BCUT2D eigenvalue weighted by molar-refractivity contribution is 5.70. The van der Waals surface area contributed by atoms with E-state index in [4.69, 9.17) is 9.63 Å². The van der Waals surface area contributed by atoms with Gasteiger partial charge in [-0.3, -0.25) is 9.69 Å². The van der Waals surface area contributed by atoms with Crippen molar-refractivity contribution >= 4 is 5.97 Å². The van der Waals surface area contributed by atoms with Gasteiger partial charge in [0.05, 0.1) is 12.5 Å². The van der Waals surface area contributed by atoms with Gasteiger partial charge in [-0.05, 0) is 32.7 Å². The number of hydrogen-bond acceptors (Lipinski definition) is 5. The van der Waals surface area contributed by atoms with Crippen LogP contribution < -0.4 is 0 Å². The van der Waals surface area contributed by atoms with Crippen molar-refractivity contribution in [3.63, 3.8) is 0 Å². The summed E-state index contributed by atoms with van der Waals surface area (Å²) in [5.74, 6) is 0.506. The van der Waals surface area contributed by atoms with Gasteiger partial charge in [-0.25, -0.2) is 0 Å². The Morgan fingerprint density at radius 1 is 1.55 bits per heavy atom. The van der Waals surface area contributed by atoms with E-state index < -0.39 is 5.97 Å². The van der Waals surface area contributed by atoms with E-state index >= 15 is 0 Å². The number of aliphatic carboxylic acids is 1. The molecular formula is C14H23N3O3. The Kier molecular flexibility index (Phi) is 5.11. The maximum atomic E-state index is 11.0. The minimum Gasteiger partial charge on any atom is -0.481 e. The van der Waals surface area contributed by atoms with Crippen molar-refractivity contribution in [3.8, 4) is 0 Å². The third kappa shape index (κ3) is 3.79. The van der Waals surface area contributed by atoms with Gasteiger partial charge in [0.2, 0.25) is 5.89 Å². The molecule has 1 N–H and O–H groups in total. The summed E-state index contributed by atoms with van der Waals surface area (Å²) in [5.41, 5.74) is 0. The Labute approximate surface area is 119 Å². The standard InChI is InChI=1S/C14H23N3O3/c1-3-4-5-12-15-13(20-16-12)9-17-7-6-11(14(18)19)8-10(17)2/h10-11H,3-9H2,1-2H3,(H,18,19). The zero-order valence-corrected chi connectivity index (χ0v) is 12.2. The second-order valence-corrected chi connectivity index (χ2v) is 5.59. The molecule has 1 aromatic rings. The van der Waals surface area contributed by atoms with E-state index in [0.717, 1.165) is 31.6 Å². The highest BCUT2D eigenvalue weighted by Gasteiger charge is 2.30. The van der Waals surface area contributed by atoms with E-state index in [-0.39, 0.29) is 12.0 Å². The Morgan fingerprint density at radius 2 is 2.35 bits per heavy atom. The molecule has 6 nitrogen and oxygen atoms in total. The topological polar surface area (TPSA) is 79.5 Å². The molecular weight excluding hydrogens is 258 g/mol. The predicted molar refractivity (Wildman–Crippen MR) is 73.1 cm³/mol. The molecule has 1 aliphatic heterocycles. The number of nitrogens with zero attached hydrogens (tertiary/aromatic N) is 3. The molecule has 2 rings (SSSR count). The maximum Gasteiger partial charge on any atom is 0.306 e. The molecule has 0 spiro atoms. The first-order valence-electron chi connectivity index (χ1n) is 7.38. The molecule has 1 aromatic heterocycles. The summed E-state index contributed by atoms with van der Waals surface area (Å²) in [7, 11) is 0. The second-order valence-electron chi connectivity index (χ2n) is 5.59. The van der Waals surface area contributed by atoms with Gasteiger partial charge in [0, 0.05) is 12.5 Å². The molecule has 1 aliphatic rings. The first-order valence-corrected chi connectivity index (χ1v) is 7.38. The zero-order chi connectivity index (χ0) is 14.5. The molecule has 0 aliphatic carbocycles. The fourth-order valence-corrected chi connectivity index (χ4v) is 2.64. The van der Waals surface area contributed by atoms with Gasteiger partial charge in [-0.15, -0.1) is 0 Å². The van der Waals surface area contributed by atoms with E-state index in [1.54, 1.807) is 0 Å². The summed E-state index contributed by atoms with van der Waals surface area (Å²) < 4.78 is 5.27. The molecule has 2 atom stereocenters. The Bertz CT molecular complexity index is 447. The molecule has 6 heteroatoms. The first kappa shape index (κ1) is 15.0. The van der Waals surface area contributed by atoms with Gasteiger partial charge in [-0.1, -0.05) is 18.5 Å². The van der Waals surface area contributed by atoms with E-state index in [0.29, 0.717) is 25.3 Å². The monoisotopic (exact) mass is 281 g/mol. The number of carboxylic acids is 1. The van der Waals surface area contributed by atoms with Crippen molar-refractivity contribution in [2.75, 3.05) is 6.54 Å². The van der Waals surface area contributed by atoms with Gasteiger partial charge >= 0.3 is 5.97 Å². The summed E-state index contributed by atoms with van der Waals surface area (Å²) in [4.78, 5) is 17.6. The lowest BCUT2D eigenvalue weighted by Gasteiger charge is -2.35. The van der Waals surface area contributed by atoms with E-state index in [2.05, 4.69) is 28.9 Å². The minimum absolute atomic E-state index is 0.218. The first-order chi connectivity index (χ1) is 9.60. The van der Waals surface area contributed by atoms with E-state index in [1.165, 1.54) is 0 Å². The number of hydrogen-bond donors (Lipinski definition) is 1. The SMILES string of the molecule is CCCCc1noc(CN2CCC(C(=O)O)CC2C)n1. The van der Waals surface area contributed by atoms with Crippen LogP contribution in [-0.2, 0) is 17.8 Å². The average Bonchev–Trinajstić information content (AvgIpc) is 2.86. The summed E-state index contributed by atoms with van der Waals surface area (Å²) in [6, 6.07) is 0.232. The van der Waals surface area contributed by atoms with Gasteiger partial charge in [0.25, 0.3) is 0 Å². The molecule has 0 bridgehead atoms. The van der Waals surface area contributed by atoms with Crippen molar-refractivity contribution in [2.45, 2.75) is 58.5 Å². The number of unbranched alkanes of at least 4 members (excludes halogenated alkanes) is 1. The van der Waals surface area contributed by atoms with Gasteiger partial charge in [-0.2, -0.15) is 4.98 Å². The summed E-state index contributed by atoms with van der Waals surface area (Å²) in [5, 5.41) is 13.0. The predicted octanol–water partition coefficient (Wildman–Crippen LogP) is 2.10. The van der Waals surface area contributed by atoms with Gasteiger partial charge in [0.15, 0.2) is 5.82 Å². The van der Waals surface area contributed by atoms with Crippen molar-refractivity contribution in [2.24, 2.45) is 5.92 Å². The molecule has 0 aromatic carbocycles. The van der Waals surface area contributed by atoms with Crippen LogP contribution in [0.5, 0.6) is 0 Å². The summed E-state index contributed by atoms with van der Waals surface area (Å²) in [6.07, 6.45) is 4.42. The van der Waals surface area contributed by atoms with Gasteiger partial charge < -0.3 is 9.63 Å². The normalized spacial score (nSPS) is 23.9. The number of aryl methyl sites for hydroxylation is 1. The second kappa shape index (κ2) is 6.83. The molecule has 0 amide bonds. The smallest absolute Gasteiger partial charge is 0.306 e. The Balaban J connectivity index is 1.87. The third-order valence-electron chi connectivity index (χ3n) is 3.97. The largest absolute Gasteiger partial charge is 0.481 e. The van der Waals surface area contributed by atoms with Crippen molar-refractivity contribution in [1.82, 2.24) is 15.0 Å². The molecule has 1 fully saturated rings. The highest BCUT2D eigenvalue weighted by Crippen LogP contribution is 2.24. The quantitative estimate of drug-likeness (QED) is 0.860. The number of aromatic nitrogens is 2. The van der Waals surface area contributed by atoms with Crippen LogP contribution in [0.15, 0.2) is 4.52 Å². The molecule has 1 saturated heterocycles. The van der Waals surface area contributed by atoms with Gasteiger partial charge in [0.1, 0.15) is 0 Å². The fourth-order valence-electron chi connectivity index (χ4n) is 2.64. The van der Waals surface area contributed by atoms with Crippen molar-refractivity contribution in [1.29, 1.82) is 0 Å². The number of piperidine rings is 1. The van der Waals surface area contributed by atoms with Crippen LogP contribution in [0.3, 0.4) is 0 Å². The molecule has 112 valence electrons. The minimum atomic E-state index is -0.684.